The minimum Gasteiger partial charge on any atom is -0.494 e. The van der Waals surface area contributed by atoms with Crippen molar-refractivity contribution in [1.29, 1.82) is 0 Å². The number of ether oxygens (including phenoxy) is 1. The SMILES string of the molecule is Cc1ccc(OCCCC(=O)NCC(C)(C)C(=O)O)cc1C. The Kier molecular flexibility index (Phi) is 6.40. The van der Waals surface area contributed by atoms with Gasteiger partial charge in [0.25, 0.3) is 0 Å². The Balaban J connectivity index is 2.25. The quantitative estimate of drug-likeness (QED) is 0.724. The fraction of sp³-hybridized carbons (Fsp3) is 0.529. The monoisotopic (exact) mass is 307 g/mol. The van der Waals surface area contributed by atoms with E-state index in [0.29, 0.717) is 19.4 Å². The lowest BCUT2D eigenvalue weighted by Gasteiger charge is -2.19. The predicted octanol–water partition coefficient (Wildman–Crippen LogP) is 2.69. The van der Waals surface area contributed by atoms with Crippen LogP contribution in [-0.4, -0.2) is 30.1 Å². The van der Waals surface area contributed by atoms with E-state index in [4.69, 9.17) is 9.84 Å². The molecule has 0 spiro atoms. The molecule has 0 saturated heterocycles. The van der Waals surface area contributed by atoms with Crippen LogP contribution in [0.1, 0.15) is 37.8 Å². The average molecular weight is 307 g/mol. The molecule has 2 N–H and O–H groups in total. The van der Waals surface area contributed by atoms with Crippen LogP contribution in [0.5, 0.6) is 5.75 Å². The number of hydrogen-bond acceptors (Lipinski definition) is 3. The molecule has 5 heteroatoms. The maximum absolute atomic E-state index is 11.7. The van der Waals surface area contributed by atoms with Crippen molar-refractivity contribution < 1.29 is 19.4 Å². The lowest BCUT2D eigenvalue weighted by molar-refractivity contribution is -0.146. The molecule has 122 valence electrons. The Morgan fingerprint density at radius 2 is 1.91 bits per heavy atom. The maximum atomic E-state index is 11.7. The summed E-state index contributed by atoms with van der Waals surface area (Å²) in [6, 6.07) is 5.90. The highest BCUT2D eigenvalue weighted by atomic mass is 16.5. The first-order valence-electron chi connectivity index (χ1n) is 7.42. The smallest absolute Gasteiger partial charge is 0.310 e. The number of carbonyl (C=O) groups is 2. The molecule has 5 nitrogen and oxygen atoms in total. The molecule has 1 rings (SSSR count). The number of nitrogens with one attached hydrogen (secondary N) is 1. The van der Waals surface area contributed by atoms with Gasteiger partial charge >= 0.3 is 5.97 Å². The van der Waals surface area contributed by atoms with Gasteiger partial charge in [0, 0.05) is 13.0 Å². The highest BCUT2D eigenvalue weighted by Gasteiger charge is 2.27. The van der Waals surface area contributed by atoms with Gasteiger partial charge in [0.2, 0.25) is 5.91 Å². The van der Waals surface area contributed by atoms with E-state index in [2.05, 4.69) is 5.32 Å². The summed E-state index contributed by atoms with van der Waals surface area (Å²) in [5.74, 6) is -0.278. The van der Waals surface area contributed by atoms with Crippen molar-refractivity contribution in [2.75, 3.05) is 13.2 Å². The van der Waals surface area contributed by atoms with Crippen LogP contribution in [0, 0.1) is 19.3 Å². The Hall–Kier alpha value is -2.04. The van der Waals surface area contributed by atoms with E-state index < -0.39 is 11.4 Å². The van der Waals surface area contributed by atoms with Crippen molar-refractivity contribution in [3.8, 4) is 5.75 Å². The summed E-state index contributed by atoms with van der Waals surface area (Å²) < 4.78 is 5.60. The zero-order valence-corrected chi connectivity index (χ0v) is 13.7. The first-order valence-corrected chi connectivity index (χ1v) is 7.42. The van der Waals surface area contributed by atoms with Crippen LogP contribution in [0.4, 0.5) is 0 Å². The molecular formula is C17H25NO4. The summed E-state index contributed by atoms with van der Waals surface area (Å²) in [6.45, 7) is 7.82. The maximum Gasteiger partial charge on any atom is 0.310 e. The van der Waals surface area contributed by atoms with Gasteiger partial charge in [-0.1, -0.05) is 6.07 Å². The van der Waals surface area contributed by atoms with Crippen LogP contribution in [0.25, 0.3) is 0 Å². The molecule has 1 amide bonds. The second-order valence-electron chi connectivity index (χ2n) is 6.16. The highest BCUT2D eigenvalue weighted by Crippen LogP contribution is 2.16. The molecule has 0 aliphatic rings. The minimum absolute atomic E-state index is 0.124. The van der Waals surface area contributed by atoms with Crippen LogP contribution in [0.2, 0.25) is 0 Å². The number of aryl methyl sites for hydroxylation is 2. The number of rotatable bonds is 8. The van der Waals surface area contributed by atoms with E-state index in [0.717, 1.165) is 5.75 Å². The molecular weight excluding hydrogens is 282 g/mol. The van der Waals surface area contributed by atoms with Gasteiger partial charge in [-0.05, 0) is 57.4 Å². The number of carbonyl (C=O) groups excluding carboxylic acids is 1. The Morgan fingerprint density at radius 3 is 2.50 bits per heavy atom. The highest BCUT2D eigenvalue weighted by molar-refractivity contribution is 5.78. The van der Waals surface area contributed by atoms with E-state index >= 15 is 0 Å². The number of carboxylic acid groups (broad SMARTS) is 1. The van der Waals surface area contributed by atoms with E-state index in [9.17, 15) is 9.59 Å². The van der Waals surface area contributed by atoms with Crippen molar-refractivity contribution in [2.24, 2.45) is 5.41 Å². The number of hydrogen-bond donors (Lipinski definition) is 2. The van der Waals surface area contributed by atoms with Crippen molar-refractivity contribution in [2.45, 2.75) is 40.5 Å². The number of aliphatic carboxylic acids is 1. The summed E-state index contributed by atoms with van der Waals surface area (Å²) in [6.07, 6.45) is 0.910. The minimum atomic E-state index is -0.953. The van der Waals surface area contributed by atoms with Gasteiger partial charge in [-0.25, -0.2) is 0 Å². The van der Waals surface area contributed by atoms with Crippen molar-refractivity contribution >= 4 is 11.9 Å². The van der Waals surface area contributed by atoms with Crippen LogP contribution in [-0.2, 0) is 9.59 Å². The zero-order chi connectivity index (χ0) is 16.8. The van der Waals surface area contributed by atoms with Crippen molar-refractivity contribution in [3.05, 3.63) is 29.3 Å². The molecule has 22 heavy (non-hydrogen) atoms. The normalized spacial score (nSPS) is 11.1. The average Bonchev–Trinajstić information content (AvgIpc) is 2.45. The zero-order valence-electron chi connectivity index (χ0n) is 13.7. The third kappa shape index (κ3) is 5.76. The third-order valence-electron chi connectivity index (χ3n) is 3.60. The van der Waals surface area contributed by atoms with Gasteiger partial charge in [0.1, 0.15) is 5.75 Å². The van der Waals surface area contributed by atoms with Gasteiger partial charge < -0.3 is 15.2 Å². The van der Waals surface area contributed by atoms with Gasteiger partial charge in [0.05, 0.1) is 12.0 Å². The lowest BCUT2D eigenvalue weighted by atomic mass is 9.94. The Labute approximate surface area is 131 Å². The van der Waals surface area contributed by atoms with Gasteiger partial charge in [-0.2, -0.15) is 0 Å². The number of amides is 1. The van der Waals surface area contributed by atoms with Crippen LogP contribution < -0.4 is 10.1 Å². The van der Waals surface area contributed by atoms with E-state index in [1.165, 1.54) is 11.1 Å². The van der Waals surface area contributed by atoms with Crippen LogP contribution in [0.15, 0.2) is 18.2 Å². The summed E-state index contributed by atoms with van der Waals surface area (Å²) >= 11 is 0. The third-order valence-corrected chi connectivity index (χ3v) is 3.60. The van der Waals surface area contributed by atoms with E-state index in [1.807, 2.05) is 32.0 Å². The largest absolute Gasteiger partial charge is 0.494 e. The molecule has 0 radical (unpaired) electrons. The molecule has 0 atom stereocenters. The standard InChI is InChI=1S/C17H25NO4/c1-12-7-8-14(10-13(12)2)22-9-5-6-15(19)18-11-17(3,4)16(20)21/h7-8,10H,5-6,9,11H2,1-4H3,(H,18,19)(H,20,21). The molecule has 0 unspecified atom stereocenters. The van der Waals surface area contributed by atoms with Gasteiger partial charge in [0.15, 0.2) is 0 Å². The number of benzene rings is 1. The molecule has 0 saturated carbocycles. The molecule has 0 aliphatic carbocycles. The fourth-order valence-corrected chi connectivity index (χ4v) is 1.71. The Bertz CT molecular complexity index is 537. The molecule has 1 aromatic carbocycles. The molecule has 0 aromatic heterocycles. The molecule has 0 bridgehead atoms. The lowest BCUT2D eigenvalue weighted by Crippen LogP contribution is -2.38. The summed E-state index contributed by atoms with van der Waals surface area (Å²) in [5, 5.41) is 11.6. The second-order valence-corrected chi connectivity index (χ2v) is 6.16. The predicted molar refractivity (Wildman–Crippen MR) is 85.1 cm³/mol. The first-order chi connectivity index (χ1) is 10.2. The summed E-state index contributed by atoms with van der Waals surface area (Å²) in [4.78, 5) is 22.6. The first kappa shape index (κ1) is 18.0. The molecule has 1 aromatic rings. The van der Waals surface area contributed by atoms with Crippen LogP contribution in [0.3, 0.4) is 0 Å². The van der Waals surface area contributed by atoms with E-state index in [1.54, 1.807) is 13.8 Å². The van der Waals surface area contributed by atoms with Gasteiger partial charge in [-0.3, -0.25) is 9.59 Å². The summed E-state index contributed by atoms with van der Waals surface area (Å²) in [7, 11) is 0. The molecule has 0 fully saturated rings. The summed E-state index contributed by atoms with van der Waals surface area (Å²) in [5.41, 5.74) is 1.44. The van der Waals surface area contributed by atoms with E-state index in [-0.39, 0.29) is 12.5 Å². The Morgan fingerprint density at radius 1 is 1.23 bits per heavy atom. The van der Waals surface area contributed by atoms with Crippen molar-refractivity contribution in [1.82, 2.24) is 5.32 Å². The van der Waals surface area contributed by atoms with Crippen LogP contribution >= 0.6 is 0 Å². The van der Waals surface area contributed by atoms with Crippen molar-refractivity contribution in [3.63, 3.8) is 0 Å². The van der Waals surface area contributed by atoms with Gasteiger partial charge in [-0.15, -0.1) is 0 Å². The second kappa shape index (κ2) is 7.82. The molecule has 0 aliphatic heterocycles. The number of carboxylic acids is 1. The topological polar surface area (TPSA) is 75.6 Å². The molecule has 0 heterocycles. The fourth-order valence-electron chi connectivity index (χ4n) is 1.71.